The van der Waals surface area contributed by atoms with Crippen molar-refractivity contribution in [1.82, 2.24) is 4.98 Å². The van der Waals surface area contributed by atoms with Gasteiger partial charge < -0.3 is 11.1 Å². The van der Waals surface area contributed by atoms with E-state index in [1.165, 1.54) is 4.88 Å². The lowest BCUT2D eigenvalue weighted by atomic mass is 10.1. The van der Waals surface area contributed by atoms with E-state index in [1.54, 1.807) is 11.3 Å². The first-order valence-corrected chi connectivity index (χ1v) is 7.53. The Morgan fingerprint density at radius 1 is 1.30 bits per heavy atom. The number of hydrogen-bond acceptors (Lipinski definition) is 4. The first-order valence-electron chi connectivity index (χ1n) is 6.65. The molecule has 0 bridgehead atoms. The third-order valence-electron chi connectivity index (χ3n) is 3.26. The van der Waals surface area contributed by atoms with E-state index in [0.29, 0.717) is 6.04 Å². The minimum atomic E-state index is 0.372. The van der Waals surface area contributed by atoms with E-state index in [-0.39, 0.29) is 0 Å². The van der Waals surface area contributed by atoms with Crippen molar-refractivity contribution < 1.29 is 0 Å². The highest BCUT2D eigenvalue weighted by Crippen LogP contribution is 2.24. The minimum absolute atomic E-state index is 0.372. The molecule has 0 aliphatic heterocycles. The zero-order valence-corrected chi connectivity index (χ0v) is 12.2. The Balaban J connectivity index is 1.83. The largest absolute Gasteiger partial charge is 0.399 e. The minimum Gasteiger partial charge on any atom is -0.399 e. The van der Waals surface area contributed by atoms with Crippen LogP contribution in [0.25, 0.3) is 10.9 Å². The van der Waals surface area contributed by atoms with E-state index in [9.17, 15) is 0 Å². The van der Waals surface area contributed by atoms with Crippen LogP contribution >= 0.6 is 11.3 Å². The summed E-state index contributed by atoms with van der Waals surface area (Å²) in [7, 11) is 0. The molecule has 3 rings (SSSR count). The number of pyridine rings is 1. The van der Waals surface area contributed by atoms with Crippen LogP contribution in [0, 0.1) is 0 Å². The van der Waals surface area contributed by atoms with Crippen LogP contribution < -0.4 is 11.1 Å². The van der Waals surface area contributed by atoms with E-state index in [0.717, 1.165) is 28.7 Å². The van der Waals surface area contributed by atoms with Gasteiger partial charge in [0.05, 0.1) is 5.52 Å². The van der Waals surface area contributed by atoms with E-state index in [4.69, 9.17) is 5.73 Å². The van der Waals surface area contributed by atoms with Gasteiger partial charge in [0.2, 0.25) is 0 Å². The van der Waals surface area contributed by atoms with Gasteiger partial charge in [-0.05, 0) is 42.6 Å². The molecule has 3 aromatic rings. The number of nitrogens with two attached hydrogens (primary N) is 1. The molecular weight excluding hydrogens is 266 g/mol. The first-order chi connectivity index (χ1) is 9.72. The molecule has 3 N–H and O–H groups in total. The van der Waals surface area contributed by atoms with Crippen molar-refractivity contribution in [2.75, 3.05) is 11.1 Å². The molecule has 1 unspecified atom stereocenters. The van der Waals surface area contributed by atoms with Crippen molar-refractivity contribution in [1.29, 1.82) is 0 Å². The molecule has 20 heavy (non-hydrogen) atoms. The molecule has 3 nitrogen and oxygen atoms in total. The molecule has 0 fully saturated rings. The van der Waals surface area contributed by atoms with Gasteiger partial charge in [0.1, 0.15) is 0 Å². The van der Waals surface area contributed by atoms with Crippen LogP contribution in [0.4, 0.5) is 11.4 Å². The van der Waals surface area contributed by atoms with E-state index < -0.39 is 0 Å². The topological polar surface area (TPSA) is 50.9 Å². The Morgan fingerprint density at radius 3 is 3.00 bits per heavy atom. The zero-order chi connectivity index (χ0) is 13.9. The quantitative estimate of drug-likeness (QED) is 0.713. The fraction of sp³-hybridized carbons (Fsp3) is 0.188. The van der Waals surface area contributed by atoms with Gasteiger partial charge >= 0.3 is 0 Å². The number of anilines is 2. The Bertz CT molecular complexity index is 707. The van der Waals surface area contributed by atoms with Crippen molar-refractivity contribution >= 4 is 33.6 Å². The van der Waals surface area contributed by atoms with Crippen LogP contribution in [0.15, 0.2) is 48.0 Å². The average molecular weight is 283 g/mol. The fourth-order valence-electron chi connectivity index (χ4n) is 2.34. The Kier molecular flexibility index (Phi) is 3.56. The summed E-state index contributed by atoms with van der Waals surface area (Å²) in [5.41, 5.74) is 8.59. The smallest absolute Gasteiger partial charge is 0.0743 e. The number of nitrogen functional groups attached to an aromatic ring is 1. The summed E-state index contributed by atoms with van der Waals surface area (Å²) in [6.07, 6.45) is 2.85. The lowest BCUT2D eigenvalue weighted by molar-refractivity contribution is 0.802. The number of nitrogens with one attached hydrogen (secondary N) is 1. The summed E-state index contributed by atoms with van der Waals surface area (Å²) in [6.45, 7) is 2.20. The van der Waals surface area contributed by atoms with Gasteiger partial charge in [-0.15, -0.1) is 11.3 Å². The van der Waals surface area contributed by atoms with Crippen LogP contribution in [0.2, 0.25) is 0 Å². The maximum atomic E-state index is 5.81. The molecule has 1 aromatic carbocycles. The van der Waals surface area contributed by atoms with Crippen LogP contribution in [-0.4, -0.2) is 11.0 Å². The monoisotopic (exact) mass is 283 g/mol. The van der Waals surface area contributed by atoms with Gasteiger partial charge in [0.25, 0.3) is 0 Å². The molecule has 0 radical (unpaired) electrons. The molecule has 0 saturated heterocycles. The Morgan fingerprint density at radius 2 is 2.20 bits per heavy atom. The molecule has 2 aromatic heterocycles. The van der Waals surface area contributed by atoms with Crippen molar-refractivity contribution in [2.24, 2.45) is 0 Å². The highest BCUT2D eigenvalue weighted by Gasteiger charge is 2.07. The van der Waals surface area contributed by atoms with Crippen molar-refractivity contribution in [3.05, 3.63) is 52.9 Å². The molecule has 0 aliphatic carbocycles. The predicted octanol–water partition coefficient (Wildman–Crippen LogP) is 3.92. The SMILES string of the molecule is CC(Cc1cccs1)Nc1ccnc2cc(N)ccc12. The third-order valence-corrected chi connectivity index (χ3v) is 4.15. The second-order valence-electron chi connectivity index (χ2n) is 4.96. The van der Waals surface area contributed by atoms with E-state index >= 15 is 0 Å². The number of nitrogens with zero attached hydrogens (tertiary/aromatic N) is 1. The summed E-state index contributed by atoms with van der Waals surface area (Å²) in [5.74, 6) is 0. The molecule has 0 saturated carbocycles. The molecule has 0 aliphatic rings. The number of fused-ring (bicyclic) bond motifs is 1. The number of benzene rings is 1. The highest BCUT2D eigenvalue weighted by molar-refractivity contribution is 7.09. The van der Waals surface area contributed by atoms with Gasteiger partial charge in [-0.1, -0.05) is 6.07 Å². The molecule has 0 amide bonds. The lowest BCUT2D eigenvalue weighted by Crippen LogP contribution is -2.17. The second kappa shape index (κ2) is 5.51. The van der Waals surface area contributed by atoms with E-state index in [1.807, 2.05) is 30.5 Å². The lowest BCUT2D eigenvalue weighted by Gasteiger charge is -2.16. The fourth-order valence-corrected chi connectivity index (χ4v) is 3.17. The predicted molar refractivity (Wildman–Crippen MR) is 87.3 cm³/mol. The van der Waals surface area contributed by atoms with Crippen molar-refractivity contribution in [3.63, 3.8) is 0 Å². The number of rotatable bonds is 4. The maximum absolute atomic E-state index is 5.81. The number of hydrogen-bond donors (Lipinski definition) is 2. The summed E-state index contributed by atoms with van der Waals surface area (Å²) in [4.78, 5) is 5.76. The van der Waals surface area contributed by atoms with Gasteiger partial charge in [0, 0.05) is 40.3 Å². The van der Waals surface area contributed by atoms with Gasteiger partial charge in [-0.25, -0.2) is 0 Å². The van der Waals surface area contributed by atoms with Crippen LogP contribution in [0.1, 0.15) is 11.8 Å². The molecule has 4 heteroatoms. The summed E-state index contributed by atoms with van der Waals surface area (Å²) < 4.78 is 0. The zero-order valence-electron chi connectivity index (χ0n) is 11.3. The van der Waals surface area contributed by atoms with Crippen molar-refractivity contribution in [2.45, 2.75) is 19.4 Å². The summed E-state index contributed by atoms with van der Waals surface area (Å²) in [5, 5.41) is 6.80. The summed E-state index contributed by atoms with van der Waals surface area (Å²) >= 11 is 1.80. The maximum Gasteiger partial charge on any atom is 0.0743 e. The Labute approximate surface area is 122 Å². The van der Waals surface area contributed by atoms with Crippen molar-refractivity contribution in [3.8, 4) is 0 Å². The first kappa shape index (κ1) is 12.9. The average Bonchev–Trinajstić information content (AvgIpc) is 2.91. The van der Waals surface area contributed by atoms with Gasteiger partial charge in [-0.3, -0.25) is 4.98 Å². The molecule has 1 atom stereocenters. The normalized spacial score (nSPS) is 12.4. The Hall–Kier alpha value is -2.07. The standard InChI is InChI=1S/C16H17N3S/c1-11(9-13-3-2-8-20-13)19-15-6-7-18-16-10-12(17)4-5-14(15)16/h2-8,10-11H,9,17H2,1H3,(H,18,19). The van der Waals surface area contributed by atoms with Crippen LogP contribution in [0.5, 0.6) is 0 Å². The van der Waals surface area contributed by atoms with Crippen LogP contribution in [-0.2, 0) is 6.42 Å². The molecule has 0 spiro atoms. The molecule has 2 heterocycles. The third kappa shape index (κ3) is 2.75. The van der Waals surface area contributed by atoms with Gasteiger partial charge in [-0.2, -0.15) is 0 Å². The van der Waals surface area contributed by atoms with E-state index in [2.05, 4.69) is 34.7 Å². The van der Waals surface area contributed by atoms with Gasteiger partial charge in [0.15, 0.2) is 0 Å². The van der Waals surface area contributed by atoms with Crippen LogP contribution in [0.3, 0.4) is 0 Å². The highest BCUT2D eigenvalue weighted by atomic mass is 32.1. The molecular formula is C16H17N3S. The second-order valence-corrected chi connectivity index (χ2v) is 6.00. The molecule has 102 valence electrons. The summed E-state index contributed by atoms with van der Waals surface area (Å²) in [6, 6.07) is 12.5. The number of thiophene rings is 1. The number of aromatic nitrogens is 1.